The summed E-state index contributed by atoms with van der Waals surface area (Å²) in [5, 5.41) is 3.31. The molecule has 0 bridgehead atoms. The molecule has 3 atom stereocenters. The van der Waals surface area contributed by atoms with Crippen molar-refractivity contribution in [2.75, 3.05) is 13.2 Å². The van der Waals surface area contributed by atoms with Crippen LogP contribution in [0.1, 0.15) is 66.7 Å². The highest BCUT2D eigenvalue weighted by Crippen LogP contribution is 2.29. The molecule has 0 amide bonds. The van der Waals surface area contributed by atoms with Gasteiger partial charge in [0, 0.05) is 6.04 Å². The first-order valence-corrected chi connectivity index (χ1v) is 8.49. The Bertz CT molecular complexity index is 319. The lowest BCUT2D eigenvalue weighted by molar-refractivity contribution is -0.156. The summed E-state index contributed by atoms with van der Waals surface area (Å²) >= 11 is 0. The van der Waals surface area contributed by atoms with Crippen molar-refractivity contribution in [2.45, 2.75) is 84.4 Å². The molecular weight excluding hydrogens is 266 g/mol. The fourth-order valence-corrected chi connectivity index (χ4v) is 3.22. The molecule has 0 aromatic heterocycles. The van der Waals surface area contributed by atoms with Gasteiger partial charge in [-0.1, -0.05) is 26.2 Å². The normalized spacial score (nSPS) is 25.6. The number of nitrogens with one attached hydrogen (secondary N) is 1. The van der Waals surface area contributed by atoms with Crippen LogP contribution in [-0.2, 0) is 14.3 Å². The number of hydrogen-bond donors (Lipinski definition) is 1. The Morgan fingerprint density at radius 1 is 1.29 bits per heavy atom. The molecular formula is C17H33NO3. The third kappa shape index (κ3) is 5.59. The number of esters is 1. The van der Waals surface area contributed by atoms with E-state index in [-0.39, 0.29) is 18.1 Å². The molecule has 1 aliphatic carbocycles. The van der Waals surface area contributed by atoms with Gasteiger partial charge in [-0.25, -0.2) is 4.79 Å². The van der Waals surface area contributed by atoms with E-state index in [0.717, 1.165) is 12.8 Å². The lowest BCUT2D eigenvalue weighted by Crippen LogP contribution is -2.57. The van der Waals surface area contributed by atoms with E-state index >= 15 is 0 Å². The lowest BCUT2D eigenvalue weighted by atomic mass is 9.84. The Morgan fingerprint density at radius 2 is 1.95 bits per heavy atom. The molecule has 0 aromatic rings. The Balaban J connectivity index is 2.65. The van der Waals surface area contributed by atoms with Crippen LogP contribution in [-0.4, -0.2) is 36.9 Å². The first kappa shape index (κ1) is 18.4. The van der Waals surface area contributed by atoms with Crippen LogP contribution < -0.4 is 5.32 Å². The maximum atomic E-state index is 12.3. The number of carbonyl (C=O) groups is 1. The van der Waals surface area contributed by atoms with Gasteiger partial charge in [0.1, 0.15) is 5.54 Å². The van der Waals surface area contributed by atoms with Crippen molar-refractivity contribution in [3.63, 3.8) is 0 Å². The molecule has 1 saturated carbocycles. The quantitative estimate of drug-likeness (QED) is 0.699. The fourth-order valence-electron chi connectivity index (χ4n) is 3.22. The van der Waals surface area contributed by atoms with E-state index in [1.807, 2.05) is 27.7 Å². The predicted molar refractivity (Wildman–Crippen MR) is 85.3 cm³/mol. The summed E-state index contributed by atoms with van der Waals surface area (Å²) in [5.41, 5.74) is -0.764. The second kappa shape index (κ2) is 8.74. The second-order valence-electron chi connectivity index (χ2n) is 6.65. The van der Waals surface area contributed by atoms with Gasteiger partial charge in [0.05, 0.1) is 19.3 Å². The van der Waals surface area contributed by atoms with E-state index in [1.54, 1.807) is 0 Å². The van der Waals surface area contributed by atoms with Gasteiger partial charge < -0.3 is 9.47 Å². The second-order valence-corrected chi connectivity index (χ2v) is 6.65. The van der Waals surface area contributed by atoms with E-state index in [2.05, 4.69) is 12.2 Å². The van der Waals surface area contributed by atoms with Crippen molar-refractivity contribution < 1.29 is 14.3 Å². The molecule has 0 saturated heterocycles. The summed E-state index contributed by atoms with van der Waals surface area (Å²) in [6, 6.07) is 0.205. The number of carbonyl (C=O) groups excluding carboxylic acids is 1. The number of hydrogen-bond acceptors (Lipinski definition) is 4. The summed E-state index contributed by atoms with van der Waals surface area (Å²) in [6.45, 7) is 10.8. The average molecular weight is 299 g/mol. The van der Waals surface area contributed by atoms with Gasteiger partial charge in [-0.2, -0.15) is 0 Å². The Labute approximate surface area is 130 Å². The smallest absolute Gasteiger partial charge is 0.328 e. The first-order chi connectivity index (χ1) is 9.92. The van der Waals surface area contributed by atoms with Crippen molar-refractivity contribution in [3.8, 4) is 0 Å². The molecule has 0 aliphatic heterocycles. The van der Waals surface area contributed by atoms with Crippen LogP contribution >= 0.6 is 0 Å². The third-order valence-electron chi connectivity index (χ3n) is 4.28. The molecule has 124 valence electrons. The maximum absolute atomic E-state index is 12.3. The first-order valence-electron chi connectivity index (χ1n) is 8.49. The molecule has 0 heterocycles. The van der Waals surface area contributed by atoms with Crippen molar-refractivity contribution >= 4 is 5.97 Å². The summed E-state index contributed by atoms with van der Waals surface area (Å²) in [6.07, 6.45) is 6.32. The maximum Gasteiger partial charge on any atom is 0.328 e. The standard InChI is InChI=1S/C17H33NO3/c1-6-14-10-8-9-11-15(14)21-12-17(5,18-13(3)4)16(19)20-7-2/h13-15,18H,6-12H2,1-5H3. The molecule has 1 fully saturated rings. The van der Waals surface area contributed by atoms with Crippen LogP contribution in [0.5, 0.6) is 0 Å². The highest BCUT2D eigenvalue weighted by Gasteiger charge is 2.37. The average Bonchev–Trinajstić information content (AvgIpc) is 2.45. The number of ether oxygens (including phenoxy) is 2. The van der Waals surface area contributed by atoms with Crippen LogP contribution in [0.3, 0.4) is 0 Å². The van der Waals surface area contributed by atoms with Gasteiger partial charge in [-0.05, 0) is 46.5 Å². The molecule has 3 unspecified atom stereocenters. The Kier molecular flexibility index (Phi) is 7.67. The largest absolute Gasteiger partial charge is 0.465 e. The van der Waals surface area contributed by atoms with Gasteiger partial charge in [-0.15, -0.1) is 0 Å². The molecule has 0 radical (unpaired) electrons. The zero-order valence-corrected chi connectivity index (χ0v) is 14.4. The Hall–Kier alpha value is -0.610. The lowest BCUT2D eigenvalue weighted by Gasteiger charge is -2.36. The van der Waals surface area contributed by atoms with E-state index in [1.165, 1.54) is 19.3 Å². The molecule has 4 nitrogen and oxygen atoms in total. The van der Waals surface area contributed by atoms with Crippen LogP contribution in [0.25, 0.3) is 0 Å². The fraction of sp³-hybridized carbons (Fsp3) is 0.941. The van der Waals surface area contributed by atoms with Gasteiger partial charge in [0.15, 0.2) is 0 Å². The van der Waals surface area contributed by atoms with Crippen molar-refractivity contribution in [1.29, 1.82) is 0 Å². The summed E-state index contributed by atoms with van der Waals surface area (Å²) in [7, 11) is 0. The molecule has 4 heteroatoms. The topological polar surface area (TPSA) is 47.6 Å². The minimum Gasteiger partial charge on any atom is -0.465 e. The molecule has 21 heavy (non-hydrogen) atoms. The third-order valence-corrected chi connectivity index (χ3v) is 4.28. The number of rotatable bonds is 8. The van der Waals surface area contributed by atoms with E-state index in [9.17, 15) is 4.79 Å². The molecule has 1 N–H and O–H groups in total. The van der Waals surface area contributed by atoms with Crippen LogP contribution in [0, 0.1) is 5.92 Å². The Morgan fingerprint density at radius 3 is 2.52 bits per heavy atom. The zero-order valence-electron chi connectivity index (χ0n) is 14.4. The zero-order chi connectivity index (χ0) is 15.9. The highest BCUT2D eigenvalue weighted by molar-refractivity contribution is 5.80. The predicted octanol–water partition coefficient (Wildman–Crippen LogP) is 3.29. The molecule has 0 aromatic carbocycles. The summed E-state index contributed by atoms with van der Waals surface area (Å²) < 4.78 is 11.4. The van der Waals surface area contributed by atoms with E-state index in [4.69, 9.17) is 9.47 Å². The van der Waals surface area contributed by atoms with Crippen molar-refractivity contribution in [2.24, 2.45) is 5.92 Å². The van der Waals surface area contributed by atoms with E-state index in [0.29, 0.717) is 19.1 Å². The van der Waals surface area contributed by atoms with Crippen LogP contribution in [0.15, 0.2) is 0 Å². The SMILES string of the molecule is CCOC(=O)C(C)(COC1CCCCC1CC)NC(C)C. The molecule has 1 rings (SSSR count). The van der Waals surface area contributed by atoms with Gasteiger partial charge in [0.2, 0.25) is 0 Å². The summed E-state index contributed by atoms with van der Waals surface area (Å²) in [5.74, 6) is 0.409. The van der Waals surface area contributed by atoms with Crippen LogP contribution in [0.4, 0.5) is 0 Å². The highest BCUT2D eigenvalue weighted by atomic mass is 16.5. The summed E-state index contributed by atoms with van der Waals surface area (Å²) in [4.78, 5) is 12.3. The monoisotopic (exact) mass is 299 g/mol. The van der Waals surface area contributed by atoms with Crippen LogP contribution in [0.2, 0.25) is 0 Å². The molecule has 0 spiro atoms. The minimum absolute atomic E-state index is 0.205. The molecule has 1 aliphatic rings. The minimum atomic E-state index is -0.764. The van der Waals surface area contributed by atoms with Crippen molar-refractivity contribution in [3.05, 3.63) is 0 Å². The van der Waals surface area contributed by atoms with Crippen molar-refractivity contribution in [1.82, 2.24) is 5.32 Å². The van der Waals surface area contributed by atoms with Gasteiger partial charge >= 0.3 is 5.97 Å². The van der Waals surface area contributed by atoms with Gasteiger partial charge in [-0.3, -0.25) is 5.32 Å². The van der Waals surface area contributed by atoms with Gasteiger partial charge in [0.25, 0.3) is 0 Å². The van der Waals surface area contributed by atoms with E-state index < -0.39 is 5.54 Å².